The van der Waals surface area contributed by atoms with Crippen LogP contribution in [0.25, 0.3) is 10.4 Å². The fourth-order valence-corrected chi connectivity index (χ4v) is 2.45. The van der Waals surface area contributed by atoms with Gasteiger partial charge in [0.2, 0.25) is 0 Å². The van der Waals surface area contributed by atoms with Crippen LogP contribution in [0.1, 0.15) is 22.4 Å². The second-order valence-electron chi connectivity index (χ2n) is 3.17. The fraction of sp³-hybridized carbons (Fsp3) is 0.167. The molecule has 2 aromatic rings. The third-order valence-corrected chi connectivity index (χ3v) is 3.26. The molecule has 1 heterocycles. The van der Waals surface area contributed by atoms with E-state index in [1.165, 1.54) is 11.3 Å². The van der Waals surface area contributed by atoms with Crippen molar-refractivity contribution in [3.63, 3.8) is 0 Å². The van der Waals surface area contributed by atoms with E-state index in [9.17, 15) is 4.79 Å². The quantitative estimate of drug-likeness (QED) is 0.739. The number of aryl methyl sites for hydroxylation is 1. The van der Waals surface area contributed by atoms with Crippen molar-refractivity contribution in [1.29, 1.82) is 0 Å². The molecule has 0 radical (unpaired) electrons. The van der Waals surface area contributed by atoms with Crippen LogP contribution >= 0.6 is 11.3 Å². The van der Waals surface area contributed by atoms with Gasteiger partial charge in [0.25, 0.3) is 0 Å². The van der Waals surface area contributed by atoms with Gasteiger partial charge in [-0.15, -0.1) is 11.3 Å². The molecule has 0 unspecified atom stereocenters. The number of benzene rings is 1. The summed E-state index contributed by atoms with van der Waals surface area (Å²) in [5.74, 6) is 0. The molecule has 0 aliphatic rings. The number of aromatic nitrogens is 1. The average molecular weight is 217 g/mol. The maximum absolute atomic E-state index is 10.7. The van der Waals surface area contributed by atoms with E-state index >= 15 is 0 Å². The summed E-state index contributed by atoms with van der Waals surface area (Å²) in [6.07, 6.45) is 1.67. The molecular weight excluding hydrogens is 206 g/mol. The maximum Gasteiger partial charge on any atom is 0.178 e. The highest BCUT2D eigenvalue weighted by Gasteiger charge is 2.10. The Kier molecular flexibility index (Phi) is 2.92. The highest BCUT2D eigenvalue weighted by Crippen LogP contribution is 2.29. The Morgan fingerprint density at radius 2 is 2.07 bits per heavy atom. The first-order valence-electron chi connectivity index (χ1n) is 4.85. The highest BCUT2D eigenvalue weighted by atomic mass is 32.1. The normalized spacial score (nSPS) is 10.2. The molecule has 2 rings (SSSR count). The van der Waals surface area contributed by atoms with E-state index in [2.05, 4.69) is 11.9 Å². The lowest BCUT2D eigenvalue weighted by Gasteiger charge is -1.98. The number of carbonyl (C=O) groups is 1. The fourth-order valence-electron chi connectivity index (χ4n) is 1.48. The van der Waals surface area contributed by atoms with Crippen molar-refractivity contribution in [3.8, 4) is 10.4 Å². The van der Waals surface area contributed by atoms with Gasteiger partial charge in [0.15, 0.2) is 11.3 Å². The zero-order valence-corrected chi connectivity index (χ0v) is 9.25. The van der Waals surface area contributed by atoms with Crippen molar-refractivity contribution in [2.75, 3.05) is 0 Å². The SMILES string of the molecule is CCc1nc(C=O)sc1-c1ccccc1. The Morgan fingerprint density at radius 1 is 1.33 bits per heavy atom. The molecule has 0 amide bonds. The number of hydrogen-bond acceptors (Lipinski definition) is 3. The van der Waals surface area contributed by atoms with Crippen LogP contribution in [0.15, 0.2) is 30.3 Å². The topological polar surface area (TPSA) is 30.0 Å². The molecular formula is C12H11NOS. The van der Waals surface area contributed by atoms with Crippen molar-refractivity contribution in [2.45, 2.75) is 13.3 Å². The average Bonchev–Trinajstić information content (AvgIpc) is 2.73. The first kappa shape index (κ1) is 10.1. The number of nitrogens with zero attached hydrogens (tertiary/aromatic N) is 1. The minimum absolute atomic E-state index is 0.561. The van der Waals surface area contributed by atoms with Crippen molar-refractivity contribution >= 4 is 17.6 Å². The summed E-state index contributed by atoms with van der Waals surface area (Å²) >= 11 is 1.46. The molecule has 15 heavy (non-hydrogen) atoms. The smallest absolute Gasteiger partial charge is 0.178 e. The summed E-state index contributed by atoms with van der Waals surface area (Å²) in [5, 5.41) is 0.561. The Hall–Kier alpha value is -1.48. The monoisotopic (exact) mass is 217 g/mol. The second-order valence-corrected chi connectivity index (χ2v) is 4.20. The number of rotatable bonds is 3. The second kappa shape index (κ2) is 4.36. The van der Waals surface area contributed by atoms with Gasteiger partial charge in [0.1, 0.15) is 0 Å². The molecule has 1 aromatic carbocycles. The van der Waals surface area contributed by atoms with Crippen LogP contribution in [-0.2, 0) is 6.42 Å². The van der Waals surface area contributed by atoms with Gasteiger partial charge in [-0.25, -0.2) is 4.98 Å². The molecule has 0 atom stereocenters. The zero-order valence-electron chi connectivity index (χ0n) is 8.43. The molecule has 3 heteroatoms. The first-order valence-corrected chi connectivity index (χ1v) is 5.67. The lowest BCUT2D eigenvalue weighted by molar-refractivity contribution is 0.112. The van der Waals surface area contributed by atoms with Crippen molar-refractivity contribution in [2.24, 2.45) is 0 Å². The summed E-state index contributed by atoms with van der Waals surface area (Å²) < 4.78 is 0. The summed E-state index contributed by atoms with van der Waals surface area (Å²) in [7, 11) is 0. The van der Waals surface area contributed by atoms with Crippen LogP contribution in [0, 0.1) is 0 Å². The third kappa shape index (κ3) is 1.97. The van der Waals surface area contributed by atoms with E-state index in [4.69, 9.17) is 0 Å². The van der Waals surface area contributed by atoms with Gasteiger partial charge in [0.05, 0.1) is 10.6 Å². The Morgan fingerprint density at radius 3 is 2.67 bits per heavy atom. The minimum atomic E-state index is 0.561. The molecule has 0 saturated carbocycles. The molecule has 0 spiro atoms. The summed E-state index contributed by atoms with van der Waals surface area (Å²) in [6.45, 7) is 2.05. The Balaban J connectivity index is 2.52. The number of thiazole rings is 1. The van der Waals surface area contributed by atoms with E-state index in [0.717, 1.165) is 28.8 Å². The van der Waals surface area contributed by atoms with Gasteiger partial charge in [0, 0.05) is 0 Å². The highest BCUT2D eigenvalue weighted by molar-refractivity contribution is 7.16. The summed E-state index contributed by atoms with van der Waals surface area (Å²) in [5.41, 5.74) is 2.15. The largest absolute Gasteiger partial charge is 0.295 e. The minimum Gasteiger partial charge on any atom is -0.295 e. The Labute approximate surface area is 92.6 Å². The first-order chi connectivity index (χ1) is 7.35. The lowest BCUT2D eigenvalue weighted by Crippen LogP contribution is -1.84. The van der Waals surface area contributed by atoms with Crippen molar-refractivity contribution < 1.29 is 4.79 Å². The van der Waals surface area contributed by atoms with Gasteiger partial charge in [-0.2, -0.15) is 0 Å². The maximum atomic E-state index is 10.7. The summed E-state index contributed by atoms with van der Waals surface area (Å²) in [6, 6.07) is 10.1. The Bertz CT molecular complexity index is 462. The molecule has 0 fully saturated rings. The third-order valence-electron chi connectivity index (χ3n) is 2.19. The van der Waals surface area contributed by atoms with E-state index in [-0.39, 0.29) is 0 Å². The predicted molar refractivity (Wildman–Crippen MR) is 62.3 cm³/mol. The van der Waals surface area contributed by atoms with Crippen LogP contribution in [0.4, 0.5) is 0 Å². The predicted octanol–water partition coefficient (Wildman–Crippen LogP) is 3.19. The van der Waals surface area contributed by atoms with Crippen LogP contribution in [0.5, 0.6) is 0 Å². The van der Waals surface area contributed by atoms with Crippen LogP contribution in [0.2, 0.25) is 0 Å². The molecule has 0 saturated heterocycles. The number of hydrogen-bond donors (Lipinski definition) is 0. The van der Waals surface area contributed by atoms with Crippen LogP contribution in [0.3, 0.4) is 0 Å². The van der Waals surface area contributed by atoms with Gasteiger partial charge in [-0.05, 0) is 12.0 Å². The van der Waals surface area contributed by atoms with Gasteiger partial charge in [-0.3, -0.25) is 4.79 Å². The van der Waals surface area contributed by atoms with Gasteiger partial charge < -0.3 is 0 Å². The molecule has 76 valence electrons. The molecule has 2 nitrogen and oxygen atoms in total. The molecule has 1 aromatic heterocycles. The van der Waals surface area contributed by atoms with Gasteiger partial charge >= 0.3 is 0 Å². The van der Waals surface area contributed by atoms with E-state index in [1.807, 2.05) is 30.3 Å². The molecule has 0 bridgehead atoms. The standard InChI is InChI=1S/C12H11NOS/c1-2-10-12(15-11(8-14)13-10)9-6-4-3-5-7-9/h3-8H,2H2,1H3. The molecule has 0 N–H and O–H groups in total. The van der Waals surface area contributed by atoms with E-state index in [0.29, 0.717) is 5.01 Å². The van der Waals surface area contributed by atoms with E-state index < -0.39 is 0 Å². The zero-order chi connectivity index (χ0) is 10.7. The van der Waals surface area contributed by atoms with Crippen molar-refractivity contribution in [3.05, 3.63) is 41.0 Å². The summed E-state index contributed by atoms with van der Waals surface area (Å²) in [4.78, 5) is 16.1. The van der Waals surface area contributed by atoms with Gasteiger partial charge in [-0.1, -0.05) is 37.3 Å². The lowest BCUT2D eigenvalue weighted by atomic mass is 10.1. The molecule has 0 aliphatic heterocycles. The van der Waals surface area contributed by atoms with Crippen LogP contribution in [-0.4, -0.2) is 11.3 Å². The number of aldehydes is 1. The van der Waals surface area contributed by atoms with Crippen LogP contribution < -0.4 is 0 Å². The molecule has 0 aliphatic carbocycles. The number of carbonyl (C=O) groups excluding carboxylic acids is 1. The van der Waals surface area contributed by atoms with Crippen molar-refractivity contribution in [1.82, 2.24) is 4.98 Å². The van der Waals surface area contributed by atoms with E-state index in [1.54, 1.807) is 0 Å².